The monoisotopic (exact) mass is 273 g/mol. The molecule has 1 amide bonds. The minimum atomic E-state index is -0.386. The Hall–Kier alpha value is -2.21. The van der Waals surface area contributed by atoms with Gasteiger partial charge in [0, 0.05) is 13.2 Å². The maximum Gasteiger partial charge on any atom is 0.287 e. The molecule has 1 atom stereocenters. The Labute approximate surface area is 115 Å². The van der Waals surface area contributed by atoms with Crippen LogP contribution in [0, 0.1) is 0 Å². The van der Waals surface area contributed by atoms with Crippen molar-refractivity contribution >= 4 is 16.8 Å². The van der Waals surface area contributed by atoms with Crippen LogP contribution in [0.4, 0.5) is 0 Å². The number of aromatic amines is 1. The van der Waals surface area contributed by atoms with Gasteiger partial charge in [0.2, 0.25) is 0 Å². The van der Waals surface area contributed by atoms with Crippen molar-refractivity contribution in [3.05, 3.63) is 40.4 Å². The molecular formula is C14H15N3O3. The van der Waals surface area contributed by atoms with E-state index in [2.05, 4.69) is 15.3 Å². The third-order valence-corrected chi connectivity index (χ3v) is 3.34. The molecule has 1 aliphatic heterocycles. The van der Waals surface area contributed by atoms with Gasteiger partial charge in [-0.3, -0.25) is 9.59 Å². The van der Waals surface area contributed by atoms with Crippen molar-refractivity contribution in [2.24, 2.45) is 0 Å². The van der Waals surface area contributed by atoms with E-state index >= 15 is 0 Å². The van der Waals surface area contributed by atoms with Crippen molar-refractivity contribution in [3.8, 4) is 0 Å². The predicted octanol–water partition coefficient (Wildman–Crippen LogP) is 0.832. The number of hydrogen-bond donors (Lipinski definition) is 2. The summed E-state index contributed by atoms with van der Waals surface area (Å²) in [5, 5.41) is 3.21. The van der Waals surface area contributed by atoms with Gasteiger partial charge >= 0.3 is 0 Å². The second-order valence-electron chi connectivity index (χ2n) is 4.78. The molecule has 1 saturated heterocycles. The van der Waals surface area contributed by atoms with Crippen LogP contribution in [0.2, 0.25) is 0 Å². The van der Waals surface area contributed by atoms with Crippen LogP contribution in [0.25, 0.3) is 10.9 Å². The van der Waals surface area contributed by atoms with Crippen molar-refractivity contribution < 1.29 is 9.53 Å². The molecule has 6 nitrogen and oxygen atoms in total. The number of benzene rings is 1. The number of amides is 1. The van der Waals surface area contributed by atoms with Gasteiger partial charge in [-0.25, -0.2) is 4.98 Å². The maximum absolute atomic E-state index is 12.0. The molecule has 0 radical (unpaired) electrons. The lowest BCUT2D eigenvalue weighted by Gasteiger charge is -2.10. The van der Waals surface area contributed by atoms with E-state index in [1.165, 1.54) is 0 Å². The van der Waals surface area contributed by atoms with Crippen molar-refractivity contribution in [1.29, 1.82) is 0 Å². The van der Waals surface area contributed by atoms with Crippen LogP contribution in [-0.2, 0) is 4.74 Å². The van der Waals surface area contributed by atoms with E-state index in [1.54, 1.807) is 24.3 Å². The highest BCUT2D eigenvalue weighted by molar-refractivity contribution is 5.92. The lowest BCUT2D eigenvalue weighted by Crippen LogP contribution is -2.33. The van der Waals surface area contributed by atoms with Crippen LogP contribution in [0.15, 0.2) is 29.1 Å². The first-order valence-corrected chi connectivity index (χ1v) is 6.63. The molecule has 0 spiro atoms. The van der Waals surface area contributed by atoms with E-state index in [4.69, 9.17) is 4.74 Å². The Morgan fingerprint density at radius 2 is 2.30 bits per heavy atom. The number of nitrogens with one attached hydrogen (secondary N) is 2. The molecule has 0 bridgehead atoms. The molecule has 3 rings (SSSR count). The zero-order valence-corrected chi connectivity index (χ0v) is 10.9. The van der Waals surface area contributed by atoms with E-state index in [0.717, 1.165) is 19.4 Å². The molecule has 0 aliphatic carbocycles. The standard InChI is InChI=1S/C14H15N3O3/c18-13-10-5-1-2-6-11(10)16-12(17-13)14(19)15-8-9-4-3-7-20-9/h1-2,5-6,9H,3-4,7-8H2,(H,15,19)(H,16,17,18)/t9-/m0/s1. The smallest absolute Gasteiger partial charge is 0.287 e. The van der Waals surface area contributed by atoms with E-state index in [-0.39, 0.29) is 23.4 Å². The molecule has 2 aromatic rings. The highest BCUT2D eigenvalue weighted by Gasteiger charge is 2.17. The molecule has 104 valence electrons. The average molecular weight is 273 g/mol. The van der Waals surface area contributed by atoms with Crippen LogP contribution in [0.3, 0.4) is 0 Å². The number of nitrogens with zero attached hydrogens (tertiary/aromatic N) is 1. The number of hydrogen-bond acceptors (Lipinski definition) is 4. The molecule has 1 aliphatic rings. The number of para-hydroxylation sites is 1. The van der Waals surface area contributed by atoms with Crippen LogP contribution < -0.4 is 10.9 Å². The molecule has 20 heavy (non-hydrogen) atoms. The van der Waals surface area contributed by atoms with Gasteiger partial charge in [-0.05, 0) is 25.0 Å². The second-order valence-corrected chi connectivity index (χ2v) is 4.78. The number of H-pyrrole nitrogens is 1. The van der Waals surface area contributed by atoms with E-state index in [1.807, 2.05) is 0 Å². The molecule has 2 heterocycles. The third-order valence-electron chi connectivity index (χ3n) is 3.34. The normalized spacial score (nSPS) is 18.3. The summed E-state index contributed by atoms with van der Waals surface area (Å²) in [6.07, 6.45) is 2.03. The zero-order valence-electron chi connectivity index (χ0n) is 10.9. The van der Waals surface area contributed by atoms with Gasteiger partial charge in [-0.15, -0.1) is 0 Å². The summed E-state index contributed by atoms with van der Waals surface area (Å²) < 4.78 is 5.43. The molecule has 1 aromatic heterocycles. The fourth-order valence-corrected chi connectivity index (χ4v) is 2.29. The molecular weight excluding hydrogens is 258 g/mol. The van der Waals surface area contributed by atoms with Gasteiger partial charge in [0.15, 0.2) is 5.82 Å². The number of fused-ring (bicyclic) bond motifs is 1. The minimum Gasteiger partial charge on any atom is -0.376 e. The molecule has 1 fully saturated rings. The molecule has 0 saturated carbocycles. The summed E-state index contributed by atoms with van der Waals surface area (Å²) in [5.41, 5.74) is 0.205. The summed E-state index contributed by atoms with van der Waals surface area (Å²) in [7, 11) is 0. The number of carbonyl (C=O) groups is 1. The zero-order chi connectivity index (χ0) is 13.9. The lowest BCUT2D eigenvalue weighted by atomic mass is 10.2. The van der Waals surface area contributed by atoms with Crippen LogP contribution in [0.1, 0.15) is 23.5 Å². The summed E-state index contributed by atoms with van der Waals surface area (Å²) in [6.45, 7) is 1.18. The topological polar surface area (TPSA) is 84.1 Å². The Balaban J connectivity index is 1.79. The minimum absolute atomic E-state index is 0.0340. The third kappa shape index (κ3) is 2.55. The molecule has 1 aromatic carbocycles. The van der Waals surface area contributed by atoms with Crippen LogP contribution in [0.5, 0.6) is 0 Å². The molecule has 0 unspecified atom stereocenters. The Bertz CT molecular complexity index is 689. The summed E-state index contributed by atoms with van der Waals surface area (Å²) in [6, 6.07) is 6.93. The number of rotatable bonds is 3. The van der Waals surface area contributed by atoms with Gasteiger partial charge in [0.05, 0.1) is 17.0 Å². The largest absolute Gasteiger partial charge is 0.376 e. The number of aromatic nitrogens is 2. The van der Waals surface area contributed by atoms with Crippen molar-refractivity contribution in [3.63, 3.8) is 0 Å². The van der Waals surface area contributed by atoms with E-state index in [9.17, 15) is 9.59 Å². The van der Waals surface area contributed by atoms with Crippen molar-refractivity contribution in [2.75, 3.05) is 13.2 Å². The van der Waals surface area contributed by atoms with Gasteiger partial charge in [0.25, 0.3) is 11.5 Å². The first-order chi connectivity index (χ1) is 9.74. The van der Waals surface area contributed by atoms with Gasteiger partial charge in [0.1, 0.15) is 0 Å². The maximum atomic E-state index is 12.0. The van der Waals surface area contributed by atoms with Crippen LogP contribution >= 0.6 is 0 Å². The van der Waals surface area contributed by atoms with E-state index in [0.29, 0.717) is 17.4 Å². The fraction of sp³-hybridized carbons (Fsp3) is 0.357. The quantitative estimate of drug-likeness (QED) is 0.867. The summed E-state index contributed by atoms with van der Waals surface area (Å²) in [4.78, 5) is 30.5. The number of ether oxygens (including phenoxy) is 1. The average Bonchev–Trinajstić information content (AvgIpc) is 2.98. The summed E-state index contributed by atoms with van der Waals surface area (Å²) in [5.74, 6) is -0.352. The SMILES string of the molecule is O=C(NC[C@@H]1CCCO1)c1nc2ccccc2c(=O)[nH]1. The Morgan fingerprint density at radius 1 is 1.45 bits per heavy atom. The van der Waals surface area contributed by atoms with Gasteiger partial charge in [-0.2, -0.15) is 0 Å². The van der Waals surface area contributed by atoms with E-state index < -0.39 is 0 Å². The second kappa shape index (κ2) is 5.42. The molecule has 6 heteroatoms. The molecule has 2 N–H and O–H groups in total. The highest BCUT2D eigenvalue weighted by Crippen LogP contribution is 2.10. The van der Waals surface area contributed by atoms with Crippen molar-refractivity contribution in [1.82, 2.24) is 15.3 Å². The predicted molar refractivity (Wildman–Crippen MR) is 73.7 cm³/mol. The first-order valence-electron chi connectivity index (χ1n) is 6.63. The lowest BCUT2D eigenvalue weighted by molar-refractivity contribution is 0.0849. The summed E-state index contributed by atoms with van der Waals surface area (Å²) >= 11 is 0. The first kappa shape index (κ1) is 12.8. The van der Waals surface area contributed by atoms with Gasteiger partial charge in [-0.1, -0.05) is 12.1 Å². The van der Waals surface area contributed by atoms with Gasteiger partial charge < -0.3 is 15.0 Å². The van der Waals surface area contributed by atoms with Crippen LogP contribution in [-0.4, -0.2) is 35.1 Å². The van der Waals surface area contributed by atoms with Crippen molar-refractivity contribution in [2.45, 2.75) is 18.9 Å². The highest BCUT2D eigenvalue weighted by atomic mass is 16.5. The Kier molecular flexibility index (Phi) is 3.47. The fourth-order valence-electron chi connectivity index (χ4n) is 2.29. The Morgan fingerprint density at radius 3 is 3.10 bits per heavy atom. The number of carbonyl (C=O) groups excluding carboxylic acids is 1.